The van der Waals surface area contributed by atoms with Crippen LogP contribution in [0.15, 0.2) is 48.5 Å². The lowest BCUT2D eigenvalue weighted by Gasteiger charge is -2.21. The Morgan fingerprint density at radius 2 is 1.70 bits per heavy atom. The number of amides is 1. The maximum atomic E-state index is 12.2. The fourth-order valence-corrected chi connectivity index (χ4v) is 3.16. The monoisotopic (exact) mass is 331 g/mol. The summed E-state index contributed by atoms with van der Waals surface area (Å²) in [5, 5.41) is 12.3. The molecule has 1 aliphatic rings. The van der Waals surface area contributed by atoms with Crippen molar-refractivity contribution in [1.29, 1.82) is 0 Å². The van der Waals surface area contributed by atoms with Crippen LogP contribution in [-0.4, -0.2) is 22.9 Å². The molecule has 0 saturated heterocycles. The summed E-state index contributed by atoms with van der Waals surface area (Å²) in [6.07, 6.45) is -0.882. The van der Waals surface area contributed by atoms with E-state index in [1.165, 1.54) is 0 Å². The molecule has 0 radical (unpaired) electrons. The molecule has 0 spiro atoms. The van der Waals surface area contributed by atoms with Crippen LogP contribution in [0.1, 0.15) is 30.5 Å². The summed E-state index contributed by atoms with van der Waals surface area (Å²) in [7, 11) is 0. The van der Waals surface area contributed by atoms with Gasteiger partial charge in [0.15, 0.2) is 5.56 Å². The van der Waals surface area contributed by atoms with Gasteiger partial charge in [-0.1, -0.05) is 67.1 Å². The van der Waals surface area contributed by atoms with Gasteiger partial charge in [-0.05, 0) is 28.7 Å². The highest BCUT2D eigenvalue weighted by atomic mass is 35.5. The van der Waals surface area contributed by atoms with Crippen LogP contribution >= 0.6 is 11.6 Å². The average molecular weight is 332 g/mol. The van der Waals surface area contributed by atoms with Crippen LogP contribution in [0.5, 0.6) is 0 Å². The molecule has 0 saturated carbocycles. The molecule has 0 fully saturated rings. The van der Waals surface area contributed by atoms with Gasteiger partial charge in [-0.3, -0.25) is 0 Å². The zero-order valence-electron chi connectivity index (χ0n) is 12.7. The fourth-order valence-electron chi connectivity index (χ4n) is 2.93. The molecule has 1 aliphatic carbocycles. The lowest BCUT2D eigenvalue weighted by atomic mass is 10.1. The standard InChI is InChI=1S/C18H18ClNO3/c1-2-15(17(19)21)23-18(22)20-16-13-9-5-3-7-11(13)12-8-4-6-10-14(12)16/h3-10,15-17,21H,2H2,1H3,(H,20,22). The van der Waals surface area contributed by atoms with E-state index in [2.05, 4.69) is 5.32 Å². The molecule has 2 aromatic carbocycles. The average Bonchev–Trinajstić information content (AvgIpc) is 2.87. The Morgan fingerprint density at radius 3 is 2.17 bits per heavy atom. The van der Waals surface area contributed by atoms with Gasteiger partial charge in [0, 0.05) is 0 Å². The number of nitrogens with one attached hydrogen (secondary N) is 1. The van der Waals surface area contributed by atoms with E-state index in [1.54, 1.807) is 6.92 Å². The fraction of sp³-hybridized carbons (Fsp3) is 0.278. The molecule has 0 heterocycles. The molecule has 1 amide bonds. The van der Waals surface area contributed by atoms with E-state index in [-0.39, 0.29) is 6.04 Å². The predicted octanol–water partition coefficient (Wildman–Crippen LogP) is 3.82. The smallest absolute Gasteiger partial charge is 0.408 e. The van der Waals surface area contributed by atoms with E-state index in [4.69, 9.17) is 16.3 Å². The van der Waals surface area contributed by atoms with Crippen LogP contribution < -0.4 is 5.32 Å². The molecule has 5 heteroatoms. The predicted molar refractivity (Wildman–Crippen MR) is 89.3 cm³/mol. The molecule has 2 aromatic rings. The number of halogens is 1. The number of carbonyl (C=O) groups is 1. The van der Waals surface area contributed by atoms with Crippen molar-refractivity contribution in [2.45, 2.75) is 31.1 Å². The van der Waals surface area contributed by atoms with Gasteiger partial charge < -0.3 is 15.2 Å². The second-order valence-corrected chi connectivity index (χ2v) is 5.92. The van der Waals surface area contributed by atoms with E-state index < -0.39 is 17.8 Å². The van der Waals surface area contributed by atoms with Crippen molar-refractivity contribution in [2.24, 2.45) is 0 Å². The highest BCUT2D eigenvalue weighted by Gasteiger charge is 2.30. The van der Waals surface area contributed by atoms with Crippen molar-refractivity contribution in [1.82, 2.24) is 5.32 Å². The molecule has 2 atom stereocenters. The Bertz CT molecular complexity index is 671. The number of fused-ring (bicyclic) bond motifs is 3. The Morgan fingerprint density at radius 1 is 1.17 bits per heavy atom. The van der Waals surface area contributed by atoms with Crippen molar-refractivity contribution < 1.29 is 14.6 Å². The summed E-state index contributed by atoms with van der Waals surface area (Å²) in [4.78, 5) is 12.2. The zero-order valence-corrected chi connectivity index (χ0v) is 13.5. The molecular weight excluding hydrogens is 314 g/mol. The molecule has 0 bridgehead atoms. The number of alkyl halides is 1. The van der Waals surface area contributed by atoms with Crippen LogP contribution in [0.2, 0.25) is 0 Å². The third-order valence-electron chi connectivity index (χ3n) is 4.06. The van der Waals surface area contributed by atoms with Crippen LogP contribution in [0, 0.1) is 0 Å². The maximum absolute atomic E-state index is 12.2. The minimum Gasteiger partial charge on any atom is -0.442 e. The van der Waals surface area contributed by atoms with Crippen molar-refractivity contribution in [3.8, 4) is 11.1 Å². The Balaban J connectivity index is 1.84. The molecule has 0 aliphatic heterocycles. The number of aliphatic hydroxyl groups excluding tert-OH is 1. The molecule has 3 rings (SSSR count). The van der Waals surface area contributed by atoms with E-state index in [0.717, 1.165) is 22.3 Å². The maximum Gasteiger partial charge on any atom is 0.408 e. The molecular formula is C18H18ClNO3. The van der Waals surface area contributed by atoms with Gasteiger partial charge in [0.2, 0.25) is 0 Å². The Hall–Kier alpha value is -2.04. The molecule has 2 N–H and O–H groups in total. The van der Waals surface area contributed by atoms with Gasteiger partial charge in [0.1, 0.15) is 6.10 Å². The van der Waals surface area contributed by atoms with Gasteiger partial charge >= 0.3 is 6.09 Å². The lowest BCUT2D eigenvalue weighted by Crippen LogP contribution is -2.35. The first-order chi connectivity index (χ1) is 11.1. The van der Waals surface area contributed by atoms with Gasteiger partial charge in [0.25, 0.3) is 0 Å². The second-order valence-electron chi connectivity index (χ2n) is 5.48. The van der Waals surface area contributed by atoms with E-state index >= 15 is 0 Å². The summed E-state index contributed by atoms with van der Waals surface area (Å²) >= 11 is 5.62. The Kier molecular flexibility index (Phi) is 4.55. The number of carbonyl (C=O) groups excluding carboxylic acids is 1. The van der Waals surface area contributed by atoms with Crippen molar-refractivity contribution in [2.75, 3.05) is 0 Å². The molecule has 23 heavy (non-hydrogen) atoms. The minimum absolute atomic E-state index is 0.264. The molecule has 120 valence electrons. The summed E-state index contributed by atoms with van der Waals surface area (Å²) in [5.41, 5.74) is 3.07. The van der Waals surface area contributed by atoms with Crippen LogP contribution in [-0.2, 0) is 4.74 Å². The van der Waals surface area contributed by atoms with Gasteiger partial charge in [-0.2, -0.15) is 0 Å². The summed E-state index contributed by atoms with van der Waals surface area (Å²) in [5.74, 6) is 0. The van der Waals surface area contributed by atoms with E-state index in [0.29, 0.717) is 6.42 Å². The quantitative estimate of drug-likeness (QED) is 0.837. The number of hydrogen-bond acceptors (Lipinski definition) is 3. The third-order valence-corrected chi connectivity index (χ3v) is 4.34. The normalized spacial score (nSPS) is 15.4. The summed E-state index contributed by atoms with van der Waals surface area (Å²) < 4.78 is 5.22. The van der Waals surface area contributed by atoms with Gasteiger partial charge in [0.05, 0.1) is 6.04 Å². The largest absolute Gasteiger partial charge is 0.442 e. The summed E-state index contributed by atoms with van der Waals surface area (Å²) in [6, 6.07) is 15.7. The van der Waals surface area contributed by atoms with Crippen LogP contribution in [0.25, 0.3) is 11.1 Å². The van der Waals surface area contributed by atoms with Gasteiger partial charge in [-0.15, -0.1) is 0 Å². The number of benzene rings is 2. The molecule has 2 unspecified atom stereocenters. The van der Waals surface area contributed by atoms with E-state index in [9.17, 15) is 9.90 Å². The number of rotatable bonds is 4. The Labute approximate surface area is 140 Å². The second kappa shape index (κ2) is 6.60. The van der Waals surface area contributed by atoms with E-state index in [1.807, 2.05) is 48.5 Å². The highest BCUT2D eigenvalue weighted by Crippen LogP contribution is 2.43. The topological polar surface area (TPSA) is 58.6 Å². The summed E-state index contributed by atoms with van der Waals surface area (Å²) in [6.45, 7) is 1.80. The minimum atomic E-state index is -1.21. The first kappa shape index (κ1) is 15.8. The number of aliphatic hydroxyl groups is 1. The highest BCUT2D eigenvalue weighted by molar-refractivity contribution is 6.19. The molecule has 0 aromatic heterocycles. The first-order valence-corrected chi connectivity index (χ1v) is 8.03. The SMILES string of the molecule is CCC(OC(=O)NC1c2ccccc2-c2ccccc21)C(O)Cl. The van der Waals surface area contributed by atoms with Crippen LogP contribution in [0.3, 0.4) is 0 Å². The van der Waals surface area contributed by atoms with Crippen LogP contribution in [0.4, 0.5) is 4.79 Å². The number of hydrogen-bond donors (Lipinski definition) is 2. The first-order valence-electron chi connectivity index (χ1n) is 7.59. The lowest BCUT2D eigenvalue weighted by molar-refractivity contribution is 0.0368. The zero-order chi connectivity index (χ0) is 16.4. The van der Waals surface area contributed by atoms with Crippen molar-refractivity contribution in [3.63, 3.8) is 0 Å². The van der Waals surface area contributed by atoms with Gasteiger partial charge in [-0.25, -0.2) is 4.79 Å². The third kappa shape index (κ3) is 3.05. The number of alkyl carbamates (subject to hydrolysis) is 1. The molecule has 4 nitrogen and oxygen atoms in total. The van der Waals surface area contributed by atoms with Crippen molar-refractivity contribution >= 4 is 17.7 Å². The number of ether oxygens (including phenoxy) is 1. The van der Waals surface area contributed by atoms with Crippen molar-refractivity contribution in [3.05, 3.63) is 59.7 Å².